The highest BCUT2D eigenvalue weighted by atomic mass is 16.5. The molecule has 0 bridgehead atoms. The van der Waals surface area contributed by atoms with E-state index in [0.717, 1.165) is 5.56 Å². The Morgan fingerprint density at radius 1 is 1.28 bits per heavy atom. The summed E-state index contributed by atoms with van der Waals surface area (Å²) in [6.07, 6.45) is 4.55. The molecule has 0 amide bonds. The number of hydrogen-bond donors (Lipinski definition) is 1. The number of aromatic nitrogens is 2. The zero-order valence-corrected chi connectivity index (χ0v) is 9.83. The number of rotatable bonds is 4. The number of carbonyl (C=O) groups is 1. The Morgan fingerprint density at radius 2 is 2.11 bits per heavy atom. The molecule has 92 valence electrons. The third-order valence-corrected chi connectivity index (χ3v) is 2.35. The Balaban J connectivity index is 2.30. The van der Waals surface area contributed by atoms with Gasteiger partial charge in [0.05, 0.1) is 12.2 Å². The molecular weight excluding hydrogens is 232 g/mol. The van der Waals surface area contributed by atoms with E-state index in [1.165, 1.54) is 6.20 Å². The predicted molar refractivity (Wildman–Crippen MR) is 65.6 cm³/mol. The number of carboxylic acids is 1. The third-order valence-electron chi connectivity index (χ3n) is 2.35. The van der Waals surface area contributed by atoms with Crippen molar-refractivity contribution in [2.75, 3.05) is 6.61 Å². The Bertz CT molecular complexity index is 552. The van der Waals surface area contributed by atoms with Crippen LogP contribution in [-0.2, 0) is 0 Å². The molecule has 0 saturated carbocycles. The van der Waals surface area contributed by atoms with Gasteiger partial charge in [-0.15, -0.1) is 0 Å². The van der Waals surface area contributed by atoms with Crippen LogP contribution in [0.5, 0.6) is 5.88 Å². The fourth-order valence-corrected chi connectivity index (χ4v) is 1.50. The highest BCUT2D eigenvalue weighted by Crippen LogP contribution is 2.20. The fourth-order valence-electron chi connectivity index (χ4n) is 1.50. The molecule has 0 unspecified atom stereocenters. The second-order valence-corrected chi connectivity index (χ2v) is 3.59. The lowest BCUT2D eigenvalue weighted by molar-refractivity contribution is 0.0696. The van der Waals surface area contributed by atoms with E-state index in [1.54, 1.807) is 24.5 Å². The van der Waals surface area contributed by atoms with Gasteiger partial charge in [0.15, 0.2) is 0 Å². The summed E-state index contributed by atoms with van der Waals surface area (Å²) in [5.41, 5.74) is 1.67. The molecule has 5 heteroatoms. The zero-order valence-electron chi connectivity index (χ0n) is 9.83. The van der Waals surface area contributed by atoms with Gasteiger partial charge in [0.1, 0.15) is 0 Å². The molecule has 2 rings (SSSR count). The molecule has 5 nitrogen and oxygen atoms in total. The van der Waals surface area contributed by atoms with Gasteiger partial charge in [-0.2, -0.15) is 0 Å². The van der Waals surface area contributed by atoms with E-state index >= 15 is 0 Å². The average molecular weight is 244 g/mol. The first-order valence-electron chi connectivity index (χ1n) is 5.48. The molecule has 0 saturated heterocycles. The molecular formula is C13H12N2O3. The summed E-state index contributed by atoms with van der Waals surface area (Å²) in [4.78, 5) is 18.9. The van der Waals surface area contributed by atoms with Crippen LogP contribution in [0.1, 0.15) is 17.3 Å². The number of hydrogen-bond acceptors (Lipinski definition) is 4. The summed E-state index contributed by atoms with van der Waals surface area (Å²) in [6.45, 7) is 2.44. The van der Waals surface area contributed by atoms with E-state index in [0.29, 0.717) is 18.1 Å². The summed E-state index contributed by atoms with van der Waals surface area (Å²) >= 11 is 0. The van der Waals surface area contributed by atoms with Gasteiger partial charge in [0.25, 0.3) is 0 Å². The van der Waals surface area contributed by atoms with Crippen molar-refractivity contribution in [2.45, 2.75) is 6.92 Å². The first-order chi connectivity index (χ1) is 8.70. The summed E-state index contributed by atoms with van der Waals surface area (Å²) < 4.78 is 5.24. The van der Waals surface area contributed by atoms with Crippen LogP contribution in [0, 0.1) is 0 Å². The summed E-state index contributed by atoms with van der Waals surface area (Å²) in [7, 11) is 0. The number of nitrogens with zero attached hydrogens (tertiary/aromatic N) is 2. The van der Waals surface area contributed by atoms with Gasteiger partial charge in [-0.1, -0.05) is 0 Å². The van der Waals surface area contributed by atoms with Crippen molar-refractivity contribution in [2.24, 2.45) is 0 Å². The van der Waals surface area contributed by atoms with Crippen LogP contribution < -0.4 is 4.74 Å². The molecule has 0 radical (unpaired) electrons. The van der Waals surface area contributed by atoms with Gasteiger partial charge in [0.2, 0.25) is 5.88 Å². The maximum Gasteiger partial charge on any atom is 0.337 e. The fraction of sp³-hybridized carbons (Fsp3) is 0.154. The number of ether oxygens (including phenoxy) is 1. The van der Waals surface area contributed by atoms with Gasteiger partial charge >= 0.3 is 5.97 Å². The molecule has 18 heavy (non-hydrogen) atoms. The van der Waals surface area contributed by atoms with Crippen molar-refractivity contribution < 1.29 is 14.6 Å². The van der Waals surface area contributed by atoms with Crippen molar-refractivity contribution in [3.8, 4) is 17.0 Å². The van der Waals surface area contributed by atoms with E-state index in [4.69, 9.17) is 9.84 Å². The summed E-state index contributed by atoms with van der Waals surface area (Å²) in [5, 5.41) is 8.89. The van der Waals surface area contributed by atoms with Crippen molar-refractivity contribution >= 4 is 5.97 Å². The smallest absolute Gasteiger partial charge is 0.337 e. The molecule has 2 aromatic rings. The van der Waals surface area contributed by atoms with Crippen molar-refractivity contribution in [1.82, 2.24) is 9.97 Å². The standard InChI is InChI=1S/C13H12N2O3/c1-2-18-12-4-3-9(8-15-12)10-5-11(13(16)17)7-14-6-10/h3-8H,2H2,1H3,(H,16,17). The van der Waals surface area contributed by atoms with E-state index in [9.17, 15) is 4.79 Å². The molecule has 0 aliphatic heterocycles. The monoisotopic (exact) mass is 244 g/mol. The number of aromatic carboxylic acids is 1. The van der Waals surface area contributed by atoms with Gasteiger partial charge in [0, 0.05) is 35.8 Å². The highest BCUT2D eigenvalue weighted by molar-refractivity contribution is 5.88. The van der Waals surface area contributed by atoms with E-state index in [2.05, 4.69) is 9.97 Å². The summed E-state index contributed by atoms with van der Waals surface area (Å²) in [6, 6.07) is 5.12. The lowest BCUT2D eigenvalue weighted by Gasteiger charge is -2.04. The first kappa shape index (κ1) is 12.0. The molecule has 0 aromatic carbocycles. The van der Waals surface area contributed by atoms with Crippen LogP contribution in [0.2, 0.25) is 0 Å². The largest absolute Gasteiger partial charge is 0.478 e. The lowest BCUT2D eigenvalue weighted by atomic mass is 10.1. The van der Waals surface area contributed by atoms with Crippen LogP contribution in [-0.4, -0.2) is 27.7 Å². The molecule has 0 spiro atoms. The van der Waals surface area contributed by atoms with Crippen LogP contribution >= 0.6 is 0 Å². The van der Waals surface area contributed by atoms with Crippen LogP contribution in [0.4, 0.5) is 0 Å². The van der Waals surface area contributed by atoms with Crippen LogP contribution in [0.25, 0.3) is 11.1 Å². The van der Waals surface area contributed by atoms with Gasteiger partial charge in [-0.05, 0) is 19.1 Å². The quantitative estimate of drug-likeness (QED) is 0.892. The minimum absolute atomic E-state index is 0.154. The maximum absolute atomic E-state index is 10.8. The first-order valence-corrected chi connectivity index (χ1v) is 5.48. The number of carboxylic acid groups (broad SMARTS) is 1. The Kier molecular flexibility index (Phi) is 3.52. The van der Waals surface area contributed by atoms with E-state index < -0.39 is 5.97 Å². The predicted octanol–water partition coefficient (Wildman–Crippen LogP) is 2.24. The topological polar surface area (TPSA) is 72.3 Å². The highest BCUT2D eigenvalue weighted by Gasteiger charge is 2.06. The minimum Gasteiger partial charge on any atom is -0.478 e. The minimum atomic E-state index is -0.997. The van der Waals surface area contributed by atoms with Crippen LogP contribution in [0.3, 0.4) is 0 Å². The molecule has 0 aliphatic rings. The summed E-state index contributed by atoms with van der Waals surface area (Å²) in [5.74, 6) is -0.452. The molecule has 1 N–H and O–H groups in total. The van der Waals surface area contributed by atoms with Crippen molar-refractivity contribution in [3.05, 3.63) is 42.4 Å². The molecule has 2 heterocycles. The maximum atomic E-state index is 10.8. The van der Waals surface area contributed by atoms with E-state index in [1.807, 2.05) is 13.0 Å². The Morgan fingerprint density at radius 3 is 2.72 bits per heavy atom. The van der Waals surface area contributed by atoms with Crippen molar-refractivity contribution in [1.29, 1.82) is 0 Å². The SMILES string of the molecule is CCOc1ccc(-c2cncc(C(=O)O)c2)cn1. The Hall–Kier alpha value is -2.43. The van der Waals surface area contributed by atoms with E-state index in [-0.39, 0.29) is 5.56 Å². The van der Waals surface area contributed by atoms with Gasteiger partial charge in [-0.25, -0.2) is 9.78 Å². The average Bonchev–Trinajstić information content (AvgIpc) is 2.40. The molecule has 0 fully saturated rings. The van der Waals surface area contributed by atoms with Gasteiger partial charge in [-0.3, -0.25) is 4.98 Å². The Labute approximate surface area is 104 Å². The number of pyridine rings is 2. The molecule has 0 aliphatic carbocycles. The molecule has 0 atom stereocenters. The lowest BCUT2D eigenvalue weighted by Crippen LogP contribution is -1.97. The van der Waals surface area contributed by atoms with Crippen molar-refractivity contribution in [3.63, 3.8) is 0 Å². The van der Waals surface area contributed by atoms with Crippen LogP contribution in [0.15, 0.2) is 36.8 Å². The normalized spacial score (nSPS) is 10.1. The van der Waals surface area contributed by atoms with Gasteiger partial charge < -0.3 is 9.84 Å². The second kappa shape index (κ2) is 5.27. The third kappa shape index (κ3) is 2.63. The second-order valence-electron chi connectivity index (χ2n) is 3.59. The molecule has 2 aromatic heterocycles. The zero-order chi connectivity index (χ0) is 13.0.